The Balaban J connectivity index is 1.95. The summed E-state index contributed by atoms with van der Waals surface area (Å²) in [5.41, 5.74) is 3.99. The molecule has 5 heteroatoms. The third kappa shape index (κ3) is 2.32. The molecule has 1 heterocycles. The molecule has 2 aromatic carbocycles. The molecular weight excluding hydrogens is 292 g/mol. The van der Waals surface area contributed by atoms with Crippen LogP contribution in [0.4, 0.5) is 5.69 Å². The molecule has 1 amide bonds. The first-order chi connectivity index (χ1) is 9.56. The monoisotopic (exact) mass is 303 g/mol. The number of amides is 1. The molecule has 0 radical (unpaired) electrons. The minimum atomic E-state index is -0.0360. The molecule has 1 aliphatic rings. The van der Waals surface area contributed by atoms with Crippen molar-refractivity contribution >= 4 is 48.1 Å². The quantitative estimate of drug-likeness (QED) is 0.741. The van der Waals surface area contributed by atoms with Crippen LogP contribution in [0.1, 0.15) is 15.9 Å². The fourth-order valence-corrected chi connectivity index (χ4v) is 2.82. The molecule has 100 valence electrons. The van der Waals surface area contributed by atoms with Gasteiger partial charge in [0.1, 0.15) is 7.85 Å². The highest BCUT2D eigenvalue weighted by Crippen LogP contribution is 2.29. The molecule has 0 bridgehead atoms. The van der Waals surface area contributed by atoms with E-state index in [9.17, 15) is 4.79 Å². The van der Waals surface area contributed by atoms with Crippen molar-refractivity contribution in [1.82, 2.24) is 0 Å². The number of benzene rings is 2. The Morgan fingerprint density at radius 1 is 1.10 bits per heavy atom. The minimum Gasteiger partial charge on any atom is -0.308 e. The number of fused-ring (bicyclic) bond motifs is 1. The van der Waals surface area contributed by atoms with Crippen molar-refractivity contribution in [3.63, 3.8) is 0 Å². The van der Waals surface area contributed by atoms with Crippen molar-refractivity contribution in [3.8, 4) is 0 Å². The van der Waals surface area contributed by atoms with Gasteiger partial charge in [0.25, 0.3) is 5.91 Å². The van der Waals surface area contributed by atoms with Crippen molar-refractivity contribution in [2.24, 2.45) is 0 Å². The van der Waals surface area contributed by atoms with E-state index in [1.165, 1.54) is 11.0 Å². The van der Waals surface area contributed by atoms with Crippen LogP contribution in [0, 0.1) is 0 Å². The predicted octanol–water partition coefficient (Wildman–Crippen LogP) is 2.45. The zero-order valence-electron chi connectivity index (χ0n) is 11.0. The van der Waals surface area contributed by atoms with Crippen molar-refractivity contribution in [3.05, 3.63) is 57.6 Å². The maximum atomic E-state index is 12.6. The number of hydrogen-bond acceptors (Lipinski definition) is 1. The maximum absolute atomic E-state index is 12.6. The Morgan fingerprint density at radius 2 is 1.90 bits per heavy atom. The van der Waals surface area contributed by atoms with E-state index < -0.39 is 0 Å². The Labute approximate surface area is 128 Å². The lowest BCUT2D eigenvalue weighted by atomic mass is 9.93. The Bertz CT molecular complexity index is 702. The number of halogens is 2. The second-order valence-corrected chi connectivity index (χ2v) is 5.78. The van der Waals surface area contributed by atoms with Crippen LogP contribution < -0.4 is 10.4 Å². The molecule has 3 rings (SSSR count). The van der Waals surface area contributed by atoms with Gasteiger partial charge in [0.15, 0.2) is 0 Å². The van der Waals surface area contributed by atoms with Crippen molar-refractivity contribution < 1.29 is 4.79 Å². The summed E-state index contributed by atoms with van der Waals surface area (Å²) in [4.78, 5) is 14.4. The molecule has 0 N–H and O–H groups in total. The van der Waals surface area contributed by atoms with Crippen LogP contribution in [-0.2, 0) is 6.42 Å². The van der Waals surface area contributed by atoms with E-state index in [-0.39, 0.29) is 5.91 Å². The highest BCUT2D eigenvalue weighted by atomic mass is 35.5. The molecule has 0 aliphatic carbocycles. The SMILES string of the molecule is Bc1ccc2c(c1)CCN2C(=O)c1ccc(Cl)c(Cl)c1. The Kier molecular flexibility index (Phi) is 3.49. The van der Waals surface area contributed by atoms with Crippen molar-refractivity contribution in [2.75, 3.05) is 11.4 Å². The molecule has 0 fully saturated rings. The molecule has 0 aromatic heterocycles. The normalized spacial score (nSPS) is 13.4. The van der Waals surface area contributed by atoms with E-state index in [1.807, 2.05) is 12.1 Å². The molecule has 0 atom stereocenters. The first-order valence-corrected chi connectivity index (χ1v) is 7.18. The third-order valence-electron chi connectivity index (χ3n) is 3.54. The largest absolute Gasteiger partial charge is 0.308 e. The number of rotatable bonds is 1. The van der Waals surface area contributed by atoms with Gasteiger partial charge in [0.05, 0.1) is 10.0 Å². The van der Waals surface area contributed by atoms with Gasteiger partial charge in [-0.25, -0.2) is 0 Å². The van der Waals surface area contributed by atoms with E-state index in [2.05, 4.69) is 13.9 Å². The van der Waals surface area contributed by atoms with Gasteiger partial charge in [-0.15, -0.1) is 0 Å². The minimum absolute atomic E-state index is 0.0360. The summed E-state index contributed by atoms with van der Waals surface area (Å²) in [7, 11) is 2.06. The first kappa shape index (κ1) is 13.5. The first-order valence-electron chi connectivity index (χ1n) is 6.43. The second-order valence-electron chi connectivity index (χ2n) is 4.97. The molecule has 20 heavy (non-hydrogen) atoms. The van der Waals surface area contributed by atoms with E-state index in [1.54, 1.807) is 23.1 Å². The molecule has 2 aromatic rings. The fraction of sp³-hybridized carbons (Fsp3) is 0.133. The maximum Gasteiger partial charge on any atom is 0.258 e. The van der Waals surface area contributed by atoms with E-state index >= 15 is 0 Å². The highest BCUT2D eigenvalue weighted by molar-refractivity contribution is 6.42. The lowest BCUT2D eigenvalue weighted by Gasteiger charge is -2.17. The van der Waals surface area contributed by atoms with E-state index in [0.717, 1.165) is 12.1 Å². The van der Waals surface area contributed by atoms with Crippen molar-refractivity contribution in [1.29, 1.82) is 0 Å². The van der Waals surface area contributed by atoms with Gasteiger partial charge in [-0.2, -0.15) is 0 Å². The zero-order valence-corrected chi connectivity index (χ0v) is 12.5. The number of carbonyl (C=O) groups is 1. The van der Waals surface area contributed by atoms with Gasteiger partial charge < -0.3 is 4.90 Å². The zero-order chi connectivity index (χ0) is 14.3. The Morgan fingerprint density at radius 3 is 2.65 bits per heavy atom. The summed E-state index contributed by atoms with van der Waals surface area (Å²) < 4.78 is 0. The van der Waals surface area contributed by atoms with Crippen LogP contribution in [0.25, 0.3) is 0 Å². The van der Waals surface area contributed by atoms with E-state index in [4.69, 9.17) is 23.2 Å². The fourth-order valence-electron chi connectivity index (χ4n) is 2.53. The lowest BCUT2D eigenvalue weighted by molar-refractivity contribution is 0.0989. The topological polar surface area (TPSA) is 20.3 Å². The summed E-state index contributed by atoms with van der Waals surface area (Å²) >= 11 is 11.9. The standard InChI is InChI=1S/C15H12BCl2NO/c16-11-2-4-14-9(7-11)5-6-19(14)15(20)10-1-3-12(17)13(18)8-10/h1-4,7-8H,5-6,16H2. The summed E-state index contributed by atoms with van der Waals surface area (Å²) in [6.45, 7) is 0.706. The highest BCUT2D eigenvalue weighted by Gasteiger charge is 2.25. The van der Waals surface area contributed by atoms with Crippen LogP contribution in [-0.4, -0.2) is 20.3 Å². The number of carbonyl (C=O) groups excluding carboxylic acids is 1. The molecule has 0 saturated heterocycles. The predicted molar refractivity (Wildman–Crippen MR) is 86.5 cm³/mol. The molecule has 1 aliphatic heterocycles. The van der Waals surface area contributed by atoms with E-state index in [0.29, 0.717) is 22.2 Å². The van der Waals surface area contributed by atoms with Gasteiger partial charge in [0, 0.05) is 17.8 Å². The van der Waals surface area contributed by atoms with Crippen LogP contribution in [0.2, 0.25) is 10.0 Å². The molecule has 2 nitrogen and oxygen atoms in total. The molecule has 0 saturated carbocycles. The summed E-state index contributed by atoms with van der Waals surface area (Å²) in [5.74, 6) is -0.0360. The number of anilines is 1. The molecule has 0 unspecified atom stereocenters. The third-order valence-corrected chi connectivity index (χ3v) is 4.28. The van der Waals surface area contributed by atoms with Gasteiger partial charge >= 0.3 is 0 Å². The average Bonchev–Trinajstić information content (AvgIpc) is 2.84. The van der Waals surface area contributed by atoms with Gasteiger partial charge in [0.2, 0.25) is 0 Å². The number of nitrogens with zero attached hydrogens (tertiary/aromatic N) is 1. The summed E-state index contributed by atoms with van der Waals surface area (Å²) in [5, 5.41) is 0.863. The van der Waals surface area contributed by atoms with Crippen LogP contribution in [0.3, 0.4) is 0 Å². The average molecular weight is 304 g/mol. The van der Waals surface area contributed by atoms with Crippen LogP contribution >= 0.6 is 23.2 Å². The van der Waals surface area contributed by atoms with Crippen LogP contribution in [0.5, 0.6) is 0 Å². The molecule has 0 spiro atoms. The summed E-state index contributed by atoms with van der Waals surface area (Å²) in [6.07, 6.45) is 0.893. The Hall–Kier alpha value is -1.45. The summed E-state index contributed by atoms with van der Waals surface area (Å²) in [6, 6.07) is 11.2. The number of hydrogen-bond donors (Lipinski definition) is 0. The van der Waals surface area contributed by atoms with Crippen LogP contribution in [0.15, 0.2) is 36.4 Å². The molecular formula is C15H12BCl2NO. The van der Waals surface area contributed by atoms with Crippen molar-refractivity contribution in [2.45, 2.75) is 6.42 Å². The second kappa shape index (κ2) is 5.15. The smallest absolute Gasteiger partial charge is 0.258 e. The van der Waals surface area contributed by atoms with Gasteiger partial charge in [-0.1, -0.05) is 40.8 Å². The van der Waals surface area contributed by atoms with Gasteiger partial charge in [-0.05, 0) is 36.2 Å². The van der Waals surface area contributed by atoms with Gasteiger partial charge in [-0.3, -0.25) is 4.79 Å². The lowest BCUT2D eigenvalue weighted by Crippen LogP contribution is -2.28.